The van der Waals surface area contributed by atoms with Crippen LogP contribution in [0, 0.1) is 0 Å². The van der Waals surface area contributed by atoms with Crippen molar-refractivity contribution in [2.45, 2.75) is 38.2 Å². The van der Waals surface area contributed by atoms with Gasteiger partial charge in [-0.05, 0) is 37.3 Å². The van der Waals surface area contributed by atoms with E-state index in [9.17, 15) is 4.79 Å². The summed E-state index contributed by atoms with van der Waals surface area (Å²) in [5.74, 6) is 0.965. The van der Waals surface area contributed by atoms with Crippen molar-refractivity contribution in [1.82, 2.24) is 0 Å². The van der Waals surface area contributed by atoms with Crippen molar-refractivity contribution in [3.63, 3.8) is 0 Å². The Morgan fingerprint density at radius 3 is 3.06 bits per heavy atom. The number of benzene rings is 1. The van der Waals surface area contributed by atoms with Gasteiger partial charge in [0.15, 0.2) is 5.78 Å². The molecule has 2 heterocycles. The van der Waals surface area contributed by atoms with Crippen molar-refractivity contribution >= 4 is 5.78 Å². The van der Waals surface area contributed by atoms with Crippen molar-refractivity contribution in [1.29, 1.82) is 0 Å². The maximum Gasteiger partial charge on any atom is 0.169 e. The van der Waals surface area contributed by atoms with Gasteiger partial charge in [-0.15, -0.1) is 0 Å². The van der Waals surface area contributed by atoms with Gasteiger partial charge in [-0.1, -0.05) is 12.1 Å². The van der Waals surface area contributed by atoms with Crippen LogP contribution in [0.25, 0.3) is 0 Å². The number of ketones is 1. The van der Waals surface area contributed by atoms with Crippen molar-refractivity contribution in [2.24, 2.45) is 0 Å². The summed E-state index contributed by atoms with van der Waals surface area (Å²) in [7, 11) is 0. The maximum atomic E-state index is 12.3. The molecular formula is C15H18O3. The van der Waals surface area contributed by atoms with Crippen LogP contribution in [0.5, 0.6) is 5.75 Å². The molecule has 0 spiro atoms. The van der Waals surface area contributed by atoms with E-state index in [1.165, 1.54) is 5.56 Å². The van der Waals surface area contributed by atoms with Gasteiger partial charge in [-0.3, -0.25) is 4.79 Å². The minimum atomic E-state index is 0.108. The van der Waals surface area contributed by atoms with Gasteiger partial charge in [-0.25, -0.2) is 0 Å². The number of hydrogen-bond donors (Lipinski definition) is 0. The number of Topliss-reactive ketones (excluding diaryl/α,β-unsaturated/α-hetero) is 1. The number of aryl methyl sites for hydroxylation is 1. The maximum absolute atomic E-state index is 12.3. The monoisotopic (exact) mass is 246 g/mol. The lowest BCUT2D eigenvalue weighted by Gasteiger charge is -2.20. The molecule has 2 aliphatic heterocycles. The summed E-state index contributed by atoms with van der Waals surface area (Å²) < 4.78 is 11.2. The van der Waals surface area contributed by atoms with Crippen LogP contribution in [0.1, 0.15) is 41.6 Å². The summed E-state index contributed by atoms with van der Waals surface area (Å²) in [4.78, 5) is 12.3. The zero-order chi connectivity index (χ0) is 12.4. The van der Waals surface area contributed by atoms with E-state index >= 15 is 0 Å². The summed E-state index contributed by atoms with van der Waals surface area (Å²) in [6.45, 7) is 1.51. The lowest BCUT2D eigenvalue weighted by molar-refractivity contribution is 0.0772. The predicted molar refractivity (Wildman–Crippen MR) is 68.2 cm³/mol. The van der Waals surface area contributed by atoms with E-state index in [1.54, 1.807) is 0 Å². The van der Waals surface area contributed by atoms with Crippen molar-refractivity contribution in [3.8, 4) is 5.75 Å². The molecular weight excluding hydrogens is 228 g/mol. The fourth-order valence-electron chi connectivity index (χ4n) is 2.73. The summed E-state index contributed by atoms with van der Waals surface area (Å²) in [5, 5.41) is 0. The molecule has 0 bridgehead atoms. The van der Waals surface area contributed by atoms with Crippen molar-refractivity contribution < 1.29 is 14.3 Å². The Bertz CT molecular complexity index is 447. The first kappa shape index (κ1) is 11.7. The topological polar surface area (TPSA) is 35.5 Å². The first-order valence-electron chi connectivity index (χ1n) is 6.74. The molecule has 0 saturated carbocycles. The molecule has 0 radical (unpaired) electrons. The number of carbonyl (C=O) groups excluding carboxylic acids is 1. The van der Waals surface area contributed by atoms with Crippen LogP contribution in [-0.4, -0.2) is 25.1 Å². The van der Waals surface area contributed by atoms with Crippen molar-refractivity contribution in [3.05, 3.63) is 29.3 Å². The fourth-order valence-corrected chi connectivity index (χ4v) is 2.73. The van der Waals surface area contributed by atoms with E-state index in [0.717, 1.165) is 50.2 Å². The Kier molecular flexibility index (Phi) is 3.33. The van der Waals surface area contributed by atoms with E-state index in [0.29, 0.717) is 6.42 Å². The summed E-state index contributed by atoms with van der Waals surface area (Å²) in [6.07, 6.45) is 4.71. The summed E-state index contributed by atoms with van der Waals surface area (Å²) in [6, 6.07) is 5.88. The number of rotatable bonds is 3. The third kappa shape index (κ3) is 2.27. The molecule has 96 valence electrons. The first-order valence-corrected chi connectivity index (χ1v) is 6.74. The van der Waals surface area contributed by atoms with E-state index in [4.69, 9.17) is 9.47 Å². The van der Waals surface area contributed by atoms with Gasteiger partial charge in [0.05, 0.1) is 18.3 Å². The molecule has 1 saturated heterocycles. The van der Waals surface area contributed by atoms with Crippen LogP contribution >= 0.6 is 0 Å². The molecule has 1 fully saturated rings. The van der Waals surface area contributed by atoms with Crippen LogP contribution in [0.4, 0.5) is 0 Å². The highest BCUT2D eigenvalue weighted by Gasteiger charge is 2.24. The number of ether oxygens (including phenoxy) is 2. The number of para-hydroxylation sites is 1. The average Bonchev–Trinajstić information content (AvgIpc) is 2.91. The third-order valence-corrected chi connectivity index (χ3v) is 3.67. The minimum absolute atomic E-state index is 0.108. The fraction of sp³-hybridized carbons (Fsp3) is 0.533. The van der Waals surface area contributed by atoms with Crippen LogP contribution in [-0.2, 0) is 11.2 Å². The van der Waals surface area contributed by atoms with Crippen LogP contribution in [0.2, 0.25) is 0 Å². The molecule has 3 nitrogen and oxygen atoms in total. The molecule has 2 aliphatic rings. The standard InChI is InChI=1S/C15H18O3/c16-14(10-12-6-3-8-17-12)13-7-1-4-11-5-2-9-18-15(11)13/h1,4,7,12H,2-3,5-6,8-10H2. The molecule has 0 amide bonds. The molecule has 1 atom stereocenters. The zero-order valence-electron chi connectivity index (χ0n) is 10.5. The largest absolute Gasteiger partial charge is 0.493 e. The minimum Gasteiger partial charge on any atom is -0.493 e. The Hall–Kier alpha value is -1.35. The van der Waals surface area contributed by atoms with Gasteiger partial charge in [0.1, 0.15) is 5.75 Å². The quantitative estimate of drug-likeness (QED) is 0.769. The Labute approximate surface area is 107 Å². The smallest absolute Gasteiger partial charge is 0.169 e. The van der Waals surface area contributed by atoms with Gasteiger partial charge in [0.25, 0.3) is 0 Å². The first-order chi connectivity index (χ1) is 8.84. The van der Waals surface area contributed by atoms with Crippen LogP contribution < -0.4 is 4.74 Å². The number of carbonyl (C=O) groups is 1. The highest BCUT2D eigenvalue weighted by molar-refractivity contribution is 5.99. The van der Waals surface area contributed by atoms with Gasteiger partial charge >= 0.3 is 0 Å². The summed E-state index contributed by atoms with van der Waals surface area (Å²) >= 11 is 0. The van der Waals surface area contributed by atoms with E-state index < -0.39 is 0 Å². The van der Waals surface area contributed by atoms with Gasteiger partial charge in [-0.2, -0.15) is 0 Å². The molecule has 1 aromatic carbocycles. The molecule has 1 aromatic rings. The Morgan fingerprint density at radius 1 is 1.28 bits per heavy atom. The molecule has 3 heteroatoms. The molecule has 3 rings (SSSR count). The Balaban J connectivity index is 1.80. The lowest BCUT2D eigenvalue weighted by atomic mass is 9.97. The lowest BCUT2D eigenvalue weighted by Crippen LogP contribution is -2.16. The van der Waals surface area contributed by atoms with Crippen molar-refractivity contribution in [2.75, 3.05) is 13.2 Å². The molecule has 0 aliphatic carbocycles. The van der Waals surface area contributed by atoms with Crippen LogP contribution in [0.3, 0.4) is 0 Å². The van der Waals surface area contributed by atoms with Gasteiger partial charge < -0.3 is 9.47 Å². The number of hydrogen-bond acceptors (Lipinski definition) is 3. The normalized spacial score (nSPS) is 22.3. The zero-order valence-corrected chi connectivity index (χ0v) is 10.5. The molecule has 1 unspecified atom stereocenters. The highest BCUT2D eigenvalue weighted by Crippen LogP contribution is 2.30. The predicted octanol–water partition coefficient (Wildman–Crippen LogP) is 2.76. The molecule has 18 heavy (non-hydrogen) atoms. The third-order valence-electron chi connectivity index (χ3n) is 3.67. The second-order valence-corrected chi connectivity index (χ2v) is 5.01. The average molecular weight is 246 g/mol. The highest BCUT2D eigenvalue weighted by atomic mass is 16.5. The van der Waals surface area contributed by atoms with Gasteiger partial charge in [0, 0.05) is 13.0 Å². The number of fused-ring (bicyclic) bond motifs is 1. The molecule has 0 N–H and O–H groups in total. The second-order valence-electron chi connectivity index (χ2n) is 5.01. The van der Waals surface area contributed by atoms with E-state index in [-0.39, 0.29) is 11.9 Å². The van der Waals surface area contributed by atoms with Crippen LogP contribution in [0.15, 0.2) is 18.2 Å². The van der Waals surface area contributed by atoms with Gasteiger partial charge in [0.2, 0.25) is 0 Å². The SMILES string of the molecule is O=C(CC1CCCO1)c1cccc2c1OCCC2. The second kappa shape index (κ2) is 5.11. The Morgan fingerprint density at radius 2 is 2.22 bits per heavy atom. The summed E-state index contributed by atoms with van der Waals surface area (Å²) in [5.41, 5.74) is 1.90. The van der Waals surface area contributed by atoms with E-state index in [1.807, 2.05) is 12.1 Å². The molecule has 0 aromatic heterocycles. The van der Waals surface area contributed by atoms with E-state index in [2.05, 4.69) is 6.07 Å².